The fourth-order valence-electron chi connectivity index (χ4n) is 3.07. The molecule has 0 fully saturated rings. The molecular weight excluding hydrogens is 378 g/mol. The van der Waals surface area contributed by atoms with Crippen molar-refractivity contribution in [2.24, 2.45) is 0 Å². The van der Waals surface area contributed by atoms with Crippen LogP contribution in [0.25, 0.3) is 0 Å². The van der Waals surface area contributed by atoms with Gasteiger partial charge >= 0.3 is 0 Å². The molecule has 0 aliphatic carbocycles. The standard InChI is InChI=1S/C23H25N5O2/c1-23(2,3)19-10-8-16(9-11-19)13-21(29)26-20-15-25-28(27-20)22(30-4)18-7-5-6-17(12-18)14-24/h5-12,15,22H,13H2,1-4H3,(H,26,27,29). The van der Waals surface area contributed by atoms with Crippen LogP contribution in [-0.2, 0) is 21.4 Å². The number of hydrogen-bond acceptors (Lipinski definition) is 5. The summed E-state index contributed by atoms with van der Waals surface area (Å²) in [6.45, 7) is 6.46. The first kappa shape index (κ1) is 21.2. The molecular formula is C23H25N5O2. The number of amides is 1. The molecule has 1 N–H and O–H groups in total. The molecule has 0 radical (unpaired) electrons. The first-order valence-electron chi connectivity index (χ1n) is 9.64. The topological polar surface area (TPSA) is 92.8 Å². The number of methoxy groups -OCH3 is 1. The summed E-state index contributed by atoms with van der Waals surface area (Å²) < 4.78 is 5.49. The Morgan fingerprint density at radius 2 is 1.97 bits per heavy atom. The molecule has 1 atom stereocenters. The summed E-state index contributed by atoms with van der Waals surface area (Å²) in [7, 11) is 1.53. The summed E-state index contributed by atoms with van der Waals surface area (Å²) >= 11 is 0. The highest BCUT2D eigenvalue weighted by molar-refractivity contribution is 5.91. The summed E-state index contributed by atoms with van der Waals surface area (Å²) in [5.74, 6) is 0.163. The predicted molar refractivity (Wildman–Crippen MR) is 114 cm³/mol. The number of ether oxygens (including phenoxy) is 1. The van der Waals surface area contributed by atoms with E-state index in [-0.39, 0.29) is 17.7 Å². The Hall–Kier alpha value is -3.50. The minimum absolute atomic E-state index is 0.0734. The van der Waals surface area contributed by atoms with Crippen molar-refractivity contribution in [2.45, 2.75) is 38.8 Å². The van der Waals surface area contributed by atoms with Crippen molar-refractivity contribution in [3.63, 3.8) is 0 Å². The van der Waals surface area contributed by atoms with Crippen molar-refractivity contribution in [3.05, 3.63) is 77.0 Å². The minimum atomic E-state index is -0.603. The van der Waals surface area contributed by atoms with E-state index in [0.29, 0.717) is 11.4 Å². The fraction of sp³-hybridized carbons (Fsp3) is 0.304. The number of benzene rings is 2. The van der Waals surface area contributed by atoms with Crippen LogP contribution in [-0.4, -0.2) is 28.0 Å². The maximum Gasteiger partial charge on any atom is 0.230 e. The maximum atomic E-state index is 12.4. The number of nitrogens with one attached hydrogen (secondary N) is 1. The maximum absolute atomic E-state index is 12.4. The number of nitriles is 1. The van der Waals surface area contributed by atoms with Crippen LogP contribution in [0.1, 0.15) is 49.3 Å². The molecule has 3 rings (SSSR count). The largest absolute Gasteiger partial charge is 0.354 e. The van der Waals surface area contributed by atoms with Gasteiger partial charge in [-0.05, 0) is 28.7 Å². The van der Waals surface area contributed by atoms with Crippen LogP contribution in [0, 0.1) is 11.3 Å². The molecule has 0 saturated heterocycles. The van der Waals surface area contributed by atoms with E-state index in [1.807, 2.05) is 18.2 Å². The van der Waals surface area contributed by atoms with Gasteiger partial charge in [-0.1, -0.05) is 57.2 Å². The lowest BCUT2D eigenvalue weighted by Gasteiger charge is -2.19. The van der Waals surface area contributed by atoms with Gasteiger partial charge in [0.25, 0.3) is 0 Å². The monoisotopic (exact) mass is 403 g/mol. The van der Waals surface area contributed by atoms with Gasteiger partial charge in [-0.3, -0.25) is 4.79 Å². The average Bonchev–Trinajstić information content (AvgIpc) is 3.16. The van der Waals surface area contributed by atoms with Gasteiger partial charge in [0, 0.05) is 12.7 Å². The summed E-state index contributed by atoms with van der Waals surface area (Å²) in [6.07, 6.45) is 1.12. The molecule has 0 aliphatic heterocycles. The zero-order valence-electron chi connectivity index (χ0n) is 17.6. The number of rotatable bonds is 6. The molecule has 1 heterocycles. The van der Waals surface area contributed by atoms with E-state index in [9.17, 15) is 4.79 Å². The van der Waals surface area contributed by atoms with Gasteiger partial charge in [-0.25, -0.2) is 0 Å². The predicted octanol–water partition coefficient (Wildman–Crippen LogP) is 3.82. The smallest absolute Gasteiger partial charge is 0.230 e. The highest BCUT2D eigenvalue weighted by atomic mass is 16.5. The summed E-state index contributed by atoms with van der Waals surface area (Å²) in [6, 6.07) is 17.2. The van der Waals surface area contributed by atoms with Gasteiger partial charge in [0.1, 0.15) is 0 Å². The highest BCUT2D eigenvalue weighted by Crippen LogP contribution is 2.22. The van der Waals surface area contributed by atoms with Crippen LogP contribution >= 0.6 is 0 Å². The fourth-order valence-corrected chi connectivity index (χ4v) is 3.07. The molecule has 0 aliphatic rings. The molecule has 1 unspecified atom stereocenters. The van der Waals surface area contributed by atoms with Crippen molar-refractivity contribution in [2.75, 3.05) is 12.4 Å². The van der Waals surface area contributed by atoms with Crippen LogP contribution in [0.4, 0.5) is 5.82 Å². The average molecular weight is 403 g/mol. The van der Waals surface area contributed by atoms with Crippen LogP contribution in [0.3, 0.4) is 0 Å². The van der Waals surface area contributed by atoms with Crippen molar-refractivity contribution in [3.8, 4) is 6.07 Å². The van der Waals surface area contributed by atoms with Crippen molar-refractivity contribution in [1.82, 2.24) is 15.0 Å². The Kier molecular flexibility index (Phi) is 6.28. The second kappa shape index (κ2) is 8.89. The van der Waals surface area contributed by atoms with Gasteiger partial charge in [-0.2, -0.15) is 10.4 Å². The molecule has 1 amide bonds. The molecule has 0 saturated carbocycles. The molecule has 3 aromatic rings. The minimum Gasteiger partial charge on any atom is -0.354 e. The van der Waals surface area contributed by atoms with E-state index < -0.39 is 6.23 Å². The lowest BCUT2D eigenvalue weighted by molar-refractivity contribution is -0.115. The Morgan fingerprint density at radius 3 is 2.60 bits per heavy atom. The Morgan fingerprint density at radius 1 is 1.23 bits per heavy atom. The zero-order valence-corrected chi connectivity index (χ0v) is 17.6. The highest BCUT2D eigenvalue weighted by Gasteiger charge is 2.17. The van der Waals surface area contributed by atoms with Gasteiger partial charge in [0.2, 0.25) is 5.91 Å². The van der Waals surface area contributed by atoms with Crippen molar-refractivity contribution in [1.29, 1.82) is 5.26 Å². The summed E-state index contributed by atoms with van der Waals surface area (Å²) in [5.41, 5.74) is 3.48. The van der Waals surface area contributed by atoms with Crippen LogP contribution in [0.2, 0.25) is 0 Å². The van der Waals surface area contributed by atoms with Crippen LogP contribution in [0.15, 0.2) is 54.7 Å². The molecule has 0 spiro atoms. The lowest BCUT2D eigenvalue weighted by atomic mass is 9.86. The lowest BCUT2D eigenvalue weighted by Crippen LogP contribution is -2.18. The quantitative estimate of drug-likeness (QED) is 0.675. The SMILES string of the molecule is COC(c1cccc(C#N)c1)n1ncc(NC(=O)Cc2ccc(C(C)(C)C)cc2)n1. The normalized spacial score (nSPS) is 12.2. The molecule has 2 aromatic carbocycles. The van der Waals surface area contributed by atoms with Crippen molar-refractivity contribution < 1.29 is 9.53 Å². The molecule has 30 heavy (non-hydrogen) atoms. The molecule has 154 valence electrons. The van der Waals surface area contributed by atoms with E-state index in [1.165, 1.54) is 23.7 Å². The van der Waals surface area contributed by atoms with E-state index in [2.05, 4.69) is 54.5 Å². The van der Waals surface area contributed by atoms with Crippen molar-refractivity contribution >= 4 is 11.7 Å². The van der Waals surface area contributed by atoms with Crippen LogP contribution < -0.4 is 5.32 Å². The third-order valence-corrected chi connectivity index (χ3v) is 4.69. The molecule has 7 nitrogen and oxygen atoms in total. The molecule has 1 aromatic heterocycles. The van der Waals surface area contributed by atoms with Gasteiger partial charge in [-0.15, -0.1) is 9.90 Å². The van der Waals surface area contributed by atoms with Crippen LogP contribution in [0.5, 0.6) is 0 Å². The van der Waals surface area contributed by atoms with Gasteiger partial charge < -0.3 is 10.1 Å². The van der Waals surface area contributed by atoms with E-state index in [1.54, 1.807) is 18.2 Å². The number of aromatic nitrogens is 3. The third kappa shape index (κ3) is 5.10. The first-order valence-corrected chi connectivity index (χ1v) is 9.64. The second-order valence-electron chi connectivity index (χ2n) is 8.05. The molecule has 0 bridgehead atoms. The first-order chi connectivity index (χ1) is 14.3. The van der Waals surface area contributed by atoms with E-state index in [4.69, 9.17) is 10.00 Å². The Balaban J connectivity index is 1.67. The summed E-state index contributed by atoms with van der Waals surface area (Å²) in [4.78, 5) is 13.8. The number of nitrogens with zero attached hydrogens (tertiary/aromatic N) is 4. The summed E-state index contributed by atoms with van der Waals surface area (Å²) in [5, 5.41) is 20.4. The number of anilines is 1. The zero-order chi connectivity index (χ0) is 21.7. The van der Waals surface area contributed by atoms with E-state index in [0.717, 1.165) is 11.1 Å². The molecule has 7 heteroatoms. The number of carbonyl (C=O) groups is 1. The number of hydrogen-bond donors (Lipinski definition) is 1. The Bertz CT molecular complexity index is 1060. The Labute approximate surface area is 176 Å². The number of carbonyl (C=O) groups excluding carboxylic acids is 1. The second-order valence-corrected chi connectivity index (χ2v) is 8.05. The third-order valence-electron chi connectivity index (χ3n) is 4.69. The van der Waals surface area contributed by atoms with E-state index >= 15 is 0 Å². The van der Waals surface area contributed by atoms with Gasteiger partial charge in [0.15, 0.2) is 12.0 Å². The van der Waals surface area contributed by atoms with Gasteiger partial charge in [0.05, 0.1) is 24.3 Å².